The minimum Gasteiger partial charge on any atom is -0.478 e. The van der Waals surface area contributed by atoms with Crippen LogP contribution >= 0.6 is 11.6 Å². The molecule has 1 saturated heterocycles. The normalized spacial score (nSPS) is 26.8. The van der Waals surface area contributed by atoms with Crippen LogP contribution in [0.2, 0.25) is 5.02 Å². The lowest BCUT2D eigenvalue weighted by atomic mass is 9.86. The third kappa shape index (κ3) is 3.25. The summed E-state index contributed by atoms with van der Waals surface area (Å²) in [6, 6.07) is 14.6. The number of amides is 1. The number of aromatic carboxylic acids is 1. The molecule has 4 nitrogen and oxygen atoms in total. The van der Waals surface area contributed by atoms with Crippen LogP contribution in [-0.4, -0.2) is 21.9 Å². The SMILES string of the molecule is CC=CC=C1CC2(CC2(C)c2ccc(Cl)cc2)C(=O)N1Cc1cccc(C(=O)O)c1. The molecule has 30 heavy (non-hydrogen) atoms. The van der Waals surface area contributed by atoms with E-state index in [2.05, 4.69) is 6.92 Å². The maximum atomic E-state index is 13.7. The number of hydrogen-bond acceptors (Lipinski definition) is 2. The van der Waals surface area contributed by atoms with E-state index in [4.69, 9.17) is 11.6 Å². The van der Waals surface area contributed by atoms with Crippen molar-refractivity contribution in [1.29, 1.82) is 0 Å². The molecule has 5 heteroatoms. The Balaban J connectivity index is 1.67. The van der Waals surface area contributed by atoms with Crippen LogP contribution in [0, 0.1) is 5.41 Å². The molecule has 2 aromatic carbocycles. The second-order valence-electron chi connectivity index (χ2n) is 8.36. The number of carbonyl (C=O) groups excluding carboxylic acids is 1. The molecule has 0 bridgehead atoms. The van der Waals surface area contributed by atoms with Gasteiger partial charge in [0.1, 0.15) is 0 Å². The number of likely N-dealkylation sites (tertiary alicyclic amines) is 1. The molecule has 1 N–H and O–H groups in total. The van der Waals surface area contributed by atoms with Crippen molar-refractivity contribution in [2.24, 2.45) is 5.41 Å². The van der Waals surface area contributed by atoms with Gasteiger partial charge < -0.3 is 10.0 Å². The zero-order chi connectivity index (χ0) is 21.5. The maximum absolute atomic E-state index is 13.7. The Labute approximate surface area is 181 Å². The van der Waals surface area contributed by atoms with Crippen molar-refractivity contribution in [2.45, 2.75) is 38.6 Å². The first-order valence-electron chi connectivity index (χ1n) is 10.0. The van der Waals surface area contributed by atoms with E-state index in [9.17, 15) is 14.7 Å². The summed E-state index contributed by atoms with van der Waals surface area (Å²) in [5.41, 5.74) is 2.43. The summed E-state index contributed by atoms with van der Waals surface area (Å²) in [5.74, 6) is -0.861. The van der Waals surface area contributed by atoms with Gasteiger partial charge in [-0.15, -0.1) is 0 Å². The van der Waals surface area contributed by atoms with Gasteiger partial charge >= 0.3 is 5.97 Å². The number of carboxylic acid groups (broad SMARTS) is 1. The van der Waals surface area contributed by atoms with Gasteiger partial charge in [0.2, 0.25) is 5.91 Å². The van der Waals surface area contributed by atoms with E-state index in [-0.39, 0.29) is 16.9 Å². The number of nitrogens with zero attached hydrogens (tertiary/aromatic N) is 1. The third-order valence-electron chi connectivity index (χ3n) is 6.55. The lowest BCUT2D eigenvalue weighted by molar-refractivity contribution is -0.132. The van der Waals surface area contributed by atoms with Gasteiger partial charge in [-0.25, -0.2) is 4.79 Å². The molecule has 0 radical (unpaired) electrons. The minimum absolute atomic E-state index is 0.108. The molecule has 2 aliphatic rings. The van der Waals surface area contributed by atoms with Gasteiger partial charge in [-0.2, -0.15) is 0 Å². The second-order valence-corrected chi connectivity index (χ2v) is 8.79. The highest BCUT2D eigenvalue weighted by Crippen LogP contribution is 2.71. The Bertz CT molecular complexity index is 1070. The van der Waals surface area contributed by atoms with E-state index >= 15 is 0 Å². The van der Waals surface area contributed by atoms with Crippen LogP contribution in [-0.2, 0) is 16.8 Å². The molecule has 1 spiro atoms. The van der Waals surface area contributed by atoms with Crippen molar-refractivity contribution < 1.29 is 14.7 Å². The average molecular weight is 422 g/mol. The van der Waals surface area contributed by atoms with Gasteiger partial charge in [0, 0.05) is 22.6 Å². The van der Waals surface area contributed by atoms with Gasteiger partial charge in [0.15, 0.2) is 0 Å². The summed E-state index contributed by atoms with van der Waals surface area (Å²) in [7, 11) is 0. The number of benzene rings is 2. The Morgan fingerprint density at radius 2 is 1.97 bits per heavy atom. The lowest BCUT2D eigenvalue weighted by Gasteiger charge is -2.20. The summed E-state index contributed by atoms with van der Waals surface area (Å²) < 4.78 is 0. The molecular formula is C25H24ClNO3. The van der Waals surface area contributed by atoms with Crippen molar-refractivity contribution in [2.75, 3.05) is 0 Å². The largest absolute Gasteiger partial charge is 0.478 e. The van der Waals surface area contributed by atoms with Gasteiger partial charge in [-0.05, 0) is 54.8 Å². The van der Waals surface area contributed by atoms with Crippen LogP contribution in [0.15, 0.2) is 72.5 Å². The smallest absolute Gasteiger partial charge is 0.335 e. The first-order valence-corrected chi connectivity index (χ1v) is 10.4. The molecule has 1 aliphatic heterocycles. The van der Waals surface area contributed by atoms with Crippen molar-refractivity contribution in [3.63, 3.8) is 0 Å². The number of carbonyl (C=O) groups is 2. The van der Waals surface area contributed by atoms with Gasteiger partial charge in [-0.3, -0.25) is 4.79 Å². The van der Waals surface area contributed by atoms with Crippen molar-refractivity contribution >= 4 is 23.5 Å². The Kier molecular flexibility index (Phi) is 5.07. The lowest BCUT2D eigenvalue weighted by Crippen LogP contribution is -2.30. The monoisotopic (exact) mass is 421 g/mol. The summed E-state index contributed by atoms with van der Waals surface area (Å²) in [6.07, 6.45) is 7.35. The van der Waals surface area contributed by atoms with Crippen LogP contribution in [0.5, 0.6) is 0 Å². The third-order valence-corrected chi connectivity index (χ3v) is 6.80. The van der Waals surface area contributed by atoms with Gasteiger partial charge in [0.05, 0.1) is 17.5 Å². The Morgan fingerprint density at radius 1 is 1.23 bits per heavy atom. The van der Waals surface area contributed by atoms with E-state index in [1.165, 1.54) is 0 Å². The summed E-state index contributed by atoms with van der Waals surface area (Å²) in [4.78, 5) is 26.8. The molecule has 2 unspecified atom stereocenters. The van der Waals surface area contributed by atoms with Crippen LogP contribution < -0.4 is 0 Å². The van der Waals surface area contributed by atoms with E-state index < -0.39 is 11.4 Å². The molecule has 154 valence electrons. The number of hydrogen-bond donors (Lipinski definition) is 1. The van der Waals surface area contributed by atoms with Crippen molar-refractivity contribution in [3.05, 3.63) is 94.2 Å². The molecule has 2 aromatic rings. The van der Waals surface area contributed by atoms with E-state index in [1.807, 2.05) is 60.4 Å². The highest BCUT2D eigenvalue weighted by atomic mass is 35.5. The van der Waals surface area contributed by atoms with E-state index in [0.717, 1.165) is 23.2 Å². The first kappa shape index (κ1) is 20.4. The van der Waals surface area contributed by atoms with Crippen molar-refractivity contribution in [3.8, 4) is 0 Å². The summed E-state index contributed by atoms with van der Waals surface area (Å²) >= 11 is 6.06. The zero-order valence-corrected chi connectivity index (χ0v) is 17.8. The molecule has 2 atom stereocenters. The van der Waals surface area contributed by atoms with Gasteiger partial charge in [0.25, 0.3) is 0 Å². The number of rotatable bonds is 5. The number of allylic oxidation sites excluding steroid dienone is 4. The molecule has 1 saturated carbocycles. The fourth-order valence-corrected chi connectivity index (χ4v) is 4.83. The van der Waals surface area contributed by atoms with Crippen LogP contribution in [0.25, 0.3) is 0 Å². The number of halogens is 1. The van der Waals surface area contributed by atoms with Gasteiger partial charge in [-0.1, -0.05) is 54.9 Å². The fraction of sp³-hybridized carbons (Fsp3) is 0.280. The topological polar surface area (TPSA) is 57.6 Å². The van der Waals surface area contributed by atoms with Crippen LogP contribution in [0.3, 0.4) is 0 Å². The minimum atomic E-state index is -0.969. The zero-order valence-electron chi connectivity index (χ0n) is 17.1. The highest BCUT2D eigenvalue weighted by Gasteiger charge is 2.73. The molecule has 4 rings (SSSR count). The maximum Gasteiger partial charge on any atom is 0.335 e. The highest BCUT2D eigenvalue weighted by molar-refractivity contribution is 6.30. The molecule has 0 aromatic heterocycles. The molecule has 1 heterocycles. The Hall–Kier alpha value is -2.85. The Morgan fingerprint density at radius 3 is 2.63 bits per heavy atom. The predicted molar refractivity (Wildman–Crippen MR) is 117 cm³/mol. The standard InChI is InChI=1S/C25H24ClNO3/c1-3-4-8-21-14-25(16-24(25,2)19-9-11-20(26)12-10-19)23(30)27(21)15-17-6-5-7-18(13-17)22(28)29/h3-13H,14-16H2,1-2H3,(H,28,29). The van der Waals surface area contributed by atoms with E-state index in [1.54, 1.807) is 18.2 Å². The van der Waals surface area contributed by atoms with E-state index in [0.29, 0.717) is 18.0 Å². The predicted octanol–water partition coefficient (Wildman–Crippen LogP) is 5.58. The van der Waals surface area contributed by atoms with Crippen LogP contribution in [0.1, 0.15) is 48.2 Å². The molecule has 2 fully saturated rings. The summed E-state index contributed by atoms with van der Waals surface area (Å²) in [5, 5.41) is 9.97. The second kappa shape index (κ2) is 7.44. The van der Waals surface area contributed by atoms with Crippen molar-refractivity contribution in [1.82, 2.24) is 4.90 Å². The first-order chi connectivity index (χ1) is 14.3. The molecule has 1 amide bonds. The molecule has 1 aliphatic carbocycles. The quantitative estimate of drug-likeness (QED) is 0.685. The van der Waals surface area contributed by atoms with Crippen LogP contribution in [0.4, 0.5) is 0 Å². The number of carboxylic acids is 1. The molecular weight excluding hydrogens is 398 g/mol. The fourth-order valence-electron chi connectivity index (χ4n) is 4.71. The summed E-state index contributed by atoms with van der Waals surface area (Å²) in [6.45, 7) is 4.46. The average Bonchev–Trinajstić information content (AvgIpc) is 3.26.